The fourth-order valence-corrected chi connectivity index (χ4v) is 5.22. The van der Waals surface area contributed by atoms with Crippen molar-refractivity contribution in [2.75, 3.05) is 0 Å². The standard InChI is InChI=1S/C15H26OSeSi/c1-13(16-18(4,5)6)12-15(2,17-3)14-10-8-7-9-11-14/h7-11,13H,12H2,1-6H3/t13-,15-/m0/s1. The van der Waals surface area contributed by atoms with Crippen molar-refractivity contribution in [3.63, 3.8) is 0 Å². The summed E-state index contributed by atoms with van der Waals surface area (Å²) in [6, 6.07) is 10.9. The summed E-state index contributed by atoms with van der Waals surface area (Å²) in [4.78, 5) is 0. The van der Waals surface area contributed by atoms with Crippen LogP contribution in [-0.4, -0.2) is 29.4 Å². The van der Waals surface area contributed by atoms with Crippen LogP contribution in [0.4, 0.5) is 0 Å². The van der Waals surface area contributed by atoms with Crippen LogP contribution >= 0.6 is 0 Å². The van der Waals surface area contributed by atoms with E-state index in [1.165, 1.54) is 5.56 Å². The fourth-order valence-electron chi connectivity index (χ4n) is 2.30. The third-order valence-electron chi connectivity index (χ3n) is 3.07. The first-order valence-electron chi connectivity index (χ1n) is 6.55. The summed E-state index contributed by atoms with van der Waals surface area (Å²) in [5, 5.41) is 0. The second kappa shape index (κ2) is 6.38. The molecule has 0 aliphatic heterocycles. The van der Waals surface area contributed by atoms with Crippen molar-refractivity contribution in [2.24, 2.45) is 0 Å². The molecule has 0 heterocycles. The van der Waals surface area contributed by atoms with E-state index in [-0.39, 0.29) is 4.31 Å². The molecule has 0 aliphatic rings. The summed E-state index contributed by atoms with van der Waals surface area (Å²) < 4.78 is 6.49. The van der Waals surface area contributed by atoms with E-state index < -0.39 is 8.32 Å². The molecule has 0 fully saturated rings. The van der Waals surface area contributed by atoms with Crippen molar-refractivity contribution < 1.29 is 4.43 Å². The molecule has 18 heavy (non-hydrogen) atoms. The van der Waals surface area contributed by atoms with Gasteiger partial charge in [0.2, 0.25) is 0 Å². The summed E-state index contributed by atoms with van der Waals surface area (Å²) in [5.41, 5.74) is 1.46. The van der Waals surface area contributed by atoms with Crippen LogP contribution in [0.1, 0.15) is 25.8 Å². The molecule has 1 rings (SSSR count). The van der Waals surface area contributed by atoms with Gasteiger partial charge in [-0.15, -0.1) is 0 Å². The molecule has 0 aromatic heterocycles. The molecule has 0 unspecified atom stereocenters. The Labute approximate surface area is 120 Å². The maximum atomic E-state index is 6.21. The molecule has 0 amide bonds. The first kappa shape index (κ1) is 16.0. The monoisotopic (exact) mass is 330 g/mol. The summed E-state index contributed by atoms with van der Waals surface area (Å²) in [6.07, 6.45) is 1.47. The van der Waals surface area contributed by atoms with E-state index in [9.17, 15) is 0 Å². The molecule has 1 nitrogen and oxygen atoms in total. The van der Waals surface area contributed by atoms with Gasteiger partial charge in [0.05, 0.1) is 0 Å². The third kappa shape index (κ3) is 4.89. The van der Waals surface area contributed by atoms with Crippen LogP contribution in [0, 0.1) is 0 Å². The molecular weight excluding hydrogens is 303 g/mol. The molecule has 1 aromatic carbocycles. The Hall–Kier alpha value is -0.0836. The van der Waals surface area contributed by atoms with Gasteiger partial charge < -0.3 is 0 Å². The molecule has 0 N–H and O–H groups in total. The second-order valence-corrected chi connectivity index (χ2v) is 13.3. The van der Waals surface area contributed by atoms with Gasteiger partial charge in [0.15, 0.2) is 0 Å². The van der Waals surface area contributed by atoms with Gasteiger partial charge in [-0.3, -0.25) is 0 Å². The second-order valence-electron chi connectivity index (χ2n) is 6.05. The van der Waals surface area contributed by atoms with Gasteiger partial charge in [-0.1, -0.05) is 0 Å². The van der Waals surface area contributed by atoms with Gasteiger partial charge in [-0.25, -0.2) is 0 Å². The van der Waals surface area contributed by atoms with Crippen molar-refractivity contribution in [1.29, 1.82) is 0 Å². The minimum absolute atomic E-state index is 0.285. The Balaban J connectivity index is 2.78. The SMILES string of the molecule is C[Se][C@@](C)(C[C@H](C)O[Si](C)(C)C)c1ccccc1. The Morgan fingerprint density at radius 3 is 2.22 bits per heavy atom. The normalized spacial score (nSPS) is 17.2. The number of rotatable bonds is 6. The average molecular weight is 329 g/mol. The molecule has 1 aromatic rings. The van der Waals surface area contributed by atoms with E-state index >= 15 is 0 Å². The van der Waals surface area contributed by atoms with Crippen LogP contribution in [0.2, 0.25) is 25.5 Å². The predicted octanol–water partition coefficient (Wildman–Crippen LogP) is 4.28. The zero-order valence-electron chi connectivity index (χ0n) is 12.5. The topological polar surface area (TPSA) is 9.23 Å². The fraction of sp³-hybridized carbons (Fsp3) is 0.600. The van der Waals surface area contributed by atoms with Gasteiger partial charge >= 0.3 is 120 Å². The molecule has 0 bridgehead atoms. The molecule has 3 heteroatoms. The van der Waals surface area contributed by atoms with Crippen molar-refractivity contribution in [2.45, 2.75) is 56.1 Å². The van der Waals surface area contributed by atoms with Crippen LogP contribution in [0.25, 0.3) is 0 Å². The van der Waals surface area contributed by atoms with Crippen molar-refractivity contribution >= 4 is 23.3 Å². The van der Waals surface area contributed by atoms with E-state index in [1.54, 1.807) is 0 Å². The van der Waals surface area contributed by atoms with Crippen molar-refractivity contribution in [3.8, 4) is 0 Å². The van der Waals surface area contributed by atoms with Gasteiger partial charge in [0.1, 0.15) is 0 Å². The zero-order chi connectivity index (χ0) is 13.8. The molecule has 102 valence electrons. The molecule has 2 atom stereocenters. The number of benzene rings is 1. The molecule has 0 radical (unpaired) electrons. The van der Waals surface area contributed by atoms with Crippen LogP contribution in [0.5, 0.6) is 0 Å². The summed E-state index contributed by atoms with van der Waals surface area (Å²) in [5.74, 6) is 2.33. The Morgan fingerprint density at radius 2 is 1.78 bits per heavy atom. The van der Waals surface area contributed by atoms with Crippen LogP contribution in [-0.2, 0) is 8.74 Å². The predicted molar refractivity (Wildman–Crippen MR) is 83.9 cm³/mol. The Kier molecular flexibility index (Phi) is 5.66. The first-order chi connectivity index (χ1) is 8.27. The van der Waals surface area contributed by atoms with Gasteiger partial charge in [0.25, 0.3) is 0 Å². The van der Waals surface area contributed by atoms with Gasteiger partial charge in [-0.2, -0.15) is 0 Å². The summed E-state index contributed by atoms with van der Waals surface area (Å²) >= 11 is 0.575. The van der Waals surface area contributed by atoms with Crippen LogP contribution in [0.3, 0.4) is 0 Å². The van der Waals surface area contributed by atoms with Crippen molar-refractivity contribution in [1.82, 2.24) is 0 Å². The van der Waals surface area contributed by atoms with Crippen LogP contribution in [0.15, 0.2) is 30.3 Å². The number of hydrogen-bond donors (Lipinski definition) is 0. The van der Waals surface area contributed by atoms with Gasteiger partial charge in [-0.05, 0) is 0 Å². The molecule has 0 aliphatic carbocycles. The molecular formula is C15H26OSeSi. The third-order valence-corrected chi connectivity index (χ3v) is 6.91. The van der Waals surface area contributed by atoms with E-state index in [0.29, 0.717) is 21.1 Å². The minimum atomic E-state index is -1.43. The maximum absolute atomic E-state index is 6.21. The van der Waals surface area contributed by atoms with Crippen LogP contribution < -0.4 is 0 Å². The summed E-state index contributed by atoms with van der Waals surface area (Å²) in [7, 11) is -1.43. The van der Waals surface area contributed by atoms with E-state index in [0.717, 1.165) is 6.42 Å². The van der Waals surface area contributed by atoms with E-state index in [4.69, 9.17) is 4.43 Å². The molecule has 0 spiro atoms. The first-order valence-corrected chi connectivity index (χ1v) is 12.5. The Morgan fingerprint density at radius 1 is 1.22 bits per heavy atom. The number of hydrogen-bond acceptors (Lipinski definition) is 1. The summed E-state index contributed by atoms with van der Waals surface area (Å²) in [6.45, 7) is 11.4. The van der Waals surface area contributed by atoms with Crippen molar-refractivity contribution in [3.05, 3.63) is 35.9 Å². The average Bonchev–Trinajstić information content (AvgIpc) is 2.27. The molecule has 0 saturated heterocycles. The van der Waals surface area contributed by atoms with Gasteiger partial charge in [0, 0.05) is 0 Å². The van der Waals surface area contributed by atoms with E-state index in [2.05, 4.69) is 69.6 Å². The van der Waals surface area contributed by atoms with E-state index in [1.807, 2.05) is 0 Å². The zero-order valence-corrected chi connectivity index (χ0v) is 15.2. The quantitative estimate of drug-likeness (QED) is 0.708. The Bertz CT molecular complexity index is 361. The molecule has 0 saturated carbocycles.